The number of nitrogens with zero attached hydrogens (tertiary/aromatic N) is 1. The molecule has 3 rings (SSSR count). The summed E-state index contributed by atoms with van der Waals surface area (Å²) in [5.74, 6) is -0.191. The Bertz CT molecular complexity index is 812. The first-order valence-electron chi connectivity index (χ1n) is 10.0. The topological polar surface area (TPSA) is 67.9 Å². The molecule has 0 spiro atoms. The molecule has 1 saturated heterocycles. The molecule has 1 atom stereocenters. The minimum absolute atomic E-state index is 0.384. The van der Waals surface area contributed by atoms with E-state index in [0.29, 0.717) is 17.0 Å². The number of rotatable bonds is 7. The summed E-state index contributed by atoms with van der Waals surface area (Å²) in [6.45, 7) is 4.71. The Hall–Kier alpha value is -2.86. The molecule has 1 aliphatic rings. The van der Waals surface area contributed by atoms with Crippen LogP contribution in [0.1, 0.15) is 42.1 Å². The van der Waals surface area contributed by atoms with Crippen molar-refractivity contribution in [3.63, 3.8) is 0 Å². The molecule has 154 valence electrons. The maximum atomic E-state index is 12.4. The number of nitrogens with one attached hydrogen (secondary N) is 1. The van der Waals surface area contributed by atoms with Crippen LogP contribution in [0.5, 0.6) is 5.75 Å². The van der Waals surface area contributed by atoms with Crippen molar-refractivity contribution < 1.29 is 19.1 Å². The smallest absolute Gasteiger partial charge is 0.338 e. The van der Waals surface area contributed by atoms with Crippen LogP contribution >= 0.6 is 0 Å². The summed E-state index contributed by atoms with van der Waals surface area (Å²) in [5.41, 5.74) is 2.23. The van der Waals surface area contributed by atoms with Gasteiger partial charge in [-0.15, -0.1) is 0 Å². The Morgan fingerprint density at radius 3 is 2.28 bits per heavy atom. The van der Waals surface area contributed by atoms with Gasteiger partial charge in [-0.1, -0.05) is 18.6 Å². The van der Waals surface area contributed by atoms with Crippen molar-refractivity contribution in [1.82, 2.24) is 4.90 Å². The van der Waals surface area contributed by atoms with Gasteiger partial charge in [-0.3, -0.25) is 9.69 Å². The molecule has 1 heterocycles. The van der Waals surface area contributed by atoms with Crippen molar-refractivity contribution in [2.24, 2.45) is 0 Å². The monoisotopic (exact) mass is 396 g/mol. The molecule has 29 heavy (non-hydrogen) atoms. The van der Waals surface area contributed by atoms with Crippen LogP contribution in [0.25, 0.3) is 0 Å². The number of likely N-dealkylation sites (tertiary alicyclic amines) is 1. The van der Waals surface area contributed by atoms with Crippen LogP contribution in [0, 0.1) is 0 Å². The summed E-state index contributed by atoms with van der Waals surface area (Å²) >= 11 is 0. The van der Waals surface area contributed by atoms with E-state index in [2.05, 4.69) is 10.2 Å². The maximum absolute atomic E-state index is 12.4. The van der Waals surface area contributed by atoms with Gasteiger partial charge < -0.3 is 14.8 Å². The van der Waals surface area contributed by atoms with Crippen LogP contribution in [0.3, 0.4) is 0 Å². The van der Waals surface area contributed by atoms with E-state index in [1.54, 1.807) is 50.4 Å². The van der Waals surface area contributed by atoms with E-state index in [0.717, 1.165) is 19.6 Å². The lowest BCUT2D eigenvalue weighted by Gasteiger charge is -2.26. The Morgan fingerprint density at radius 2 is 1.66 bits per heavy atom. The van der Waals surface area contributed by atoms with Crippen molar-refractivity contribution in [3.8, 4) is 5.75 Å². The third-order valence-electron chi connectivity index (χ3n) is 5.06. The van der Waals surface area contributed by atoms with Crippen molar-refractivity contribution in [1.29, 1.82) is 0 Å². The van der Waals surface area contributed by atoms with Crippen LogP contribution in [-0.2, 0) is 16.1 Å². The highest BCUT2D eigenvalue weighted by Gasteiger charge is 2.19. The van der Waals surface area contributed by atoms with Gasteiger partial charge in [0.25, 0.3) is 5.91 Å². The lowest BCUT2D eigenvalue weighted by Crippen LogP contribution is -2.30. The Kier molecular flexibility index (Phi) is 7.25. The van der Waals surface area contributed by atoms with Crippen LogP contribution < -0.4 is 10.1 Å². The van der Waals surface area contributed by atoms with E-state index >= 15 is 0 Å². The molecule has 0 bridgehead atoms. The van der Waals surface area contributed by atoms with E-state index in [-0.39, 0.29) is 5.91 Å². The van der Waals surface area contributed by atoms with Crippen molar-refractivity contribution in [2.75, 3.05) is 25.5 Å². The number of methoxy groups -OCH3 is 1. The summed E-state index contributed by atoms with van der Waals surface area (Å²) in [6, 6.07) is 14.4. The molecule has 0 saturated carbocycles. The average Bonchev–Trinajstić information content (AvgIpc) is 2.75. The summed E-state index contributed by atoms with van der Waals surface area (Å²) in [5, 5.41) is 2.73. The number of esters is 1. The van der Waals surface area contributed by atoms with Crippen molar-refractivity contribution in [3.05, 3.63) is 59.7 Å². The van der Waals surface area contributed by atoms with E-state index in [1.807, 2.05) is 12.1 Å². The molecule has 0 unspecified atom stereocenters. The standard InChI is InChI=1S/C23H28N2O4/c1-17(22(26)24-20-10-12-21(28-2)13-11-20)29-23(27)19-8-6-18(7-9-19)16-25-14-4-3-5-15-25/h6-13,17H,3-5,14-16H2,1-2H3,(H,24,26)/t17-/m1/s1. The lowest BCUT2D eigenvalue weighted by molar-refractivity contribution is -0.123. The predicted molar refractivity (Wildman–Crippen MR) is 112 cm³/mol. The molecule has 2 aromatic carbocycles. The normalized spacial score (nSPS) is 15.4. The predicted octanol–water partition coefficient (Wildman–Crippen LogP) is 3.87. The average molecular weight is 396 g/mol. The Morgan fingerprint density at radius 1 is 1.00 bits per heavy atom. The van der Waals surface area contributed by atoms with Gasteiger partial charge in [0.1, 0.15) is 5.75 Å². The summed E-state index contributed by atoms with van der Waals surface area (Å²) in [7, 11) is 1.58. The fraction of sp³-hybridized carbons (Fsp3) is 0.391. The molecule has 2 aromatic rings. The summed E-state index contributed by atoms with van der Waals surface area (Å²) in [4.78, 5) is 27.1. The summed E-state index contributed by atoms with van der Waals surface area (Å²) in [6.07, 6.45) is 2.91. The molecule has 1 aliphatic heterocycles. The van der Waals surface area contributed by atoms with Gasteiger partial charge in [0.15, 0.2) is 6.10 Å². The molecule has 1 fully saturated rings. The molecule has 0 aromatic heterocycles. The van der Waals surface area contributed by atoms with Crippen LogP contribution in [0.4, 0.5) is 5.69 Å². The van der Waals surface area contributed by atoms with Crippen LogP contribution in [0.2, 0.25) is 0 Å². The summed E-state index contributed by atoms with van der Waals surface area (Å²) < 4.78 is 10.4. The fourth-order valence-corrected chi connectivity index (χ4v) is 3.32. The largest absolute Gasteiger partial charge is 0.497 e. The van der Waals surface area contributed by atoms with Gasteiger partial charge in [-0.25, -0.2) is 4.79 Å². The zero-order chi connectivity index (χ0) is 20.6. The van der Waals surface area contributed by atoms with Crippen molar-refractivity contribution in [2.45, 2.75) is 38.8 Å². The first-order chi connectivity index (χ1) is 14.0. The molecule has 0 aliphatic carbocycles. The molecule has 0 radical (unpaired) electrons. The van der Waals surface area contributed by atoms with E-state index in [1.165, 1.54) is 24.8 Å². The highest BCUT2D eigenvalue weighted by molar-refractivity contribution is 5.97. The minimum Gasteiger partial charge on any atom is -0.497 e. The molecular formula is C23H28N2O4. The SMILES string of the molecule is COc1ccc(NC(=O)[C@@H](C)OC(=O)c2ccc(CN3CCCCC3)cc2)cc1. The number of carbonyl (C=O) groups excluding carboxylic acids is 2. The van der Waals surface area contributed by atoms with Gasteiger partial charge >= 0.3 is 5.97 Å². The van der Waals surface area contributed by atoms with Gasteiger partial charge in [0.05, 0.1) is 12.7 Å². The first kappa shape index (κ1) is 20.9. The number of piperidine rings is 1. The molecule has 1 N–H and O–H groups in total. The molecule has 6 heteroatoms. The van der Waals surface area contributed by atoms with Gasteiger partial charge in [0, 0.05) is 12.2 Å². The highest BCUT2D eigenvalue weighted by atomic mass is 16.5. The highest BCUT2D eigenvalue weighted by Crippen LogP contribution is 2.16. The number of ether oxygens (including phenoxy) is 2. The quantitative estimate of drug-likeness (QED) is 0.720. The number of hydrogen-bond acceptors (Lipinski definition) is 5. The maximum Gasteiger partial charge on any atom is 0.338 e. The van der Waals surface area contributed by atoms with E-state index in [9.17, 15) is 9.59 Å². The zero-order valence-corrected chi connectivity index (χ0v) is 17.0. The van der Waals surface area contributed by atoms with E-state index < -0.39 is 12.1 Å². The number of anilines is 1. The Labute approximate surface area is 171 Å². The van der Waals surface area contributed by atoms with Crippen LogP contribution in [-0.4, -0.2) is 43.1 Å². The second-order valence-corrected chi connectivity index (χ2v) is 7.30. The third-order valence-corrected chi connectivity index (χ3v) is 5.06. The fourth-order valence-electron chi connectivity index (χ4n) is 3.32. The Balaban J connectivity index is 1.50. The third kappa shape index (κ3) is 6.06. The molecule has 1 amide bonds. The molecule has 6 nitrogen and oxygen atoms in total. The van der Waals surface area contributed by atoms with Crippen LogP contribution in [0.15, 0.2) is 48.5 Å². The number of hydrogen-bond donors (Lipinski definition) is 1. The molecular weight excluding hydrogens is 368 g/mol. The lowest BCUT2D eigenvalue weighted by atomic mass is 10.1. The number of amides is 1. The van der Waals surface area contributed by atoms with Gasteiger partial charge in [-0.05, 0) is 74.8 Å². The minimum atomic E-state index is -0.905. The zero-order valence-electron chi connectivity index (χ0n) is 17.0. The first-order valence-corrected chi connectivity index (χ1v) is 10.0. The second kappa shape index (κ2) is 10.1. The second-order valence-electron chi connectivity index (χ2n) is 7.30. The van der Waals surface area contributed by atoms with Gasteiger partial charge in [0.2, 0.25) is 0 Å². The van der Waals surface area contributed by atoms with E-state index in [4.69, 9.17) is 9.47 Å². The van der Waals surface area contributed by atoms with Crippen molar-refractivity contribution >= 4 is 17.6 Å². The number of carbonyl (C=O) groups is 2. The van der Waals surface area contributed by atoms with Gasteiger partial charge in [-0.2, -0.15) is 0 Å². The number of benzene rings is 2.